The van der Waals surface area contributed by atoms with E-state index in [-0.39, 0.29) is 18.9 Å². The van der Waals surface area contributed by atoms with Gasteiger partial charge in [0.05, 0.1) is 18.8 Å². The number of carbonyl (C=O) groups excluding carboxylic acids is 2. The van der Waals surface area contributed by atoms with Gasteiger partial charge in [0, 0.05) is 0 Å². The van der Waals surface area contributed by atoms with Crippen LogP contribution in [-0.4, -0.2) is 42.2 Å². The van der Waals surface area contributed by atoms with Crippen molar-refractivity contribution in [3.8, 4) is 11.5 Å². The largest absolute Gasteiger partial charge is 0.485 e. The highest BCUT2D eigenvalue weighted by atomic mass is 16.6. The fraction of sp³-hybridized carbons (Fsp3) is 0.188. The lowest BCUT2D eigenvalue weighted by Crippen LogP contribution is -2.46. The highest BCUT2D eigenvalue weighted by molar-refractivity contribution is 5.88. The SMILES string of the molecule is O=C(CNC(=O)C1COc2ccccc2O1)N/N=C/c1ccc([N+](=O)[O-])o1. The average molecular weight is 374 g/mol. The summed E-state index contributed by atoms with van der Waals surface area (Å²) in [7, 11) is 0. The van der Waals surface area contributed by atoms with Crippen LogP contribution in [0.1, 0.15) is 5.76 Å². The summed E-state index contributed by atoms with van der Waals surface area (Å²) in [6.45, 7) is -0.310. The number of hydrogen-bond donors (Lipinski definition) is 2. The summed E-state index contributed by atoms with van der Waals surface area (Å²) in [5, 5.41) is 16.5. The van der Waals surface area contributed by atoms with Crippen LogP contribution in [0.2, 0.25) is 0 Å². The number of nitrogens with one attached hydrogen (secondary N) is 2. The Morgan fingerprint density at radius 3 is 2.78 bits per heavy atom. The van der Waals surface area contributed by atoms with Crippen molar-refractivity contribution in [2.45, 2.75) is 6.10 Å². The van der Waals surface area contributed by atoms with E-state index in [2.05, 4.69) is 15.8 Å². The van der Waals surface area contributed by atoms with Crippen molar-refractivity contribution in [2.75, 3.05) is 13.2 Å². The third-order valence-corrected chi connectivity index (χ3v) is 3.40. The van der Waals surface area contributed by atoms with E-state index in [1.165, 1.54) is 6.07 Å². The Bertz CT molecular complexity index is 892. The van der Waals surface area contributed by atoms with Gasteiger partial charge in [-0.25, -0.2) is 5.43 Å². The van der Waals surface area contributed by atoms with E-state index < -0.39 is 28.7 Å². The van der Waals surface area contributed by atoms with Crippen LogP contribution >= 0.6 is 0 Å². The summed E-state index contributed by atoms with van der Waals surface area (Å²) >= 11 is 0. The van der Waals surface area contributed by atoms with Crippen molar-refractivity contribution in [1.29, 1.82) is 0 Å². The topological polar surface area (TPSA) is 145 Å². The third-order valence-electron chi connectivity index (χ3n) is 3.40. The summed E-state index contributed by atoms with van der Waals surface area (Å²) in [6, 6.07) is 9.43. The van der Waals surface area contributed by atoms with Crippen LogP contribution in [0.4, 0.5) is 5.88 Å². The van der Waals surface area contributed by atoms with E-state index in [0.717, 1.165) is 12.3 Å². The molecule has 1 unspecified atom stereocenters. The molecule has 11 nitrogen and oxygen atoms in total. The minimum absolute atomic E-state index is 0.0277. The summed E-state index contributed by atoms with van der Waals surface area (Å²) in [4.78, 5) is 33.5. The van der Waals surface area contributed by atoms with Gasteiger partial charge in [-0.05, 0) is 18.2 Å². The van der Waals surface area contributed by atoms with Crippen LogP contribution in [0.15, 0.2) is 45.9 Å². The zero-order chi connectivity index (χ0) is 19.2. The van der Waals surface area contributed by atoms with Crippen LogP contribution < -0.4 is 20.2 Å². The van der Waals surface area contributed by atoms with Gasteiger partial charge in [-0.15, -0.1) is 0 Å². The Morgan fingerprint density at radius 1 is 1.26 bits per heavy atom. The van der Waals surface area contributed by atoms with Crippen LogP contribution in [0.3, 0.4) is 0 Å². The van der Waals surface area contributed by atoms with Gasteiger partial charge in [0.1, 0.15) is 11.5 Å². The molecule has 27 heavy (non-hydrogen) atoms. The van der Waals surface area contributed by atoms with Crippen LogP contribution in [0.5, 0.6) is 11.5 Å². The van der Waals surface area contributed by atoms with Gasteiger partial charge < -0.3 is 19.2 Å². The fourth-order valence-electron chi connectivity index (χ4n) is 2.15. The minimum atomic E-state index is -0.875. The maximum Gasteiger partial charge on any atom is 0.433 e. The number of fused-ring (bicyclic) bond motifs is 1. The maximum absolute atomic E-state index is 12.1. The molecule has 2 heterocycles. The van der Waals surface area contributed by atoms with Gasteiger partial charge in [-0.3, -0.25) is 19.7 Å². The number of ether oxygens (including phenoxy) is 2. The predicted octanol–water partition coefficient (Wildman–Crippen LogP) is 0.594. The van der Waals surface area contributed by atoms with Gasteiger partial charge in [0.2, 0.25) is 6.10 Å². The van der Waals surface area contributed by atoms with E-state index in [1.54, 1.807) is 24.3 Å². The second-order valence-corrected chi connectivity index (χ2v) is 5.31. The van der Waals surface area contributed by atoms with Crippen molar-refractivity contribution < 1.29 is 28.4 Å². The normalized spacial score (nSPS) is 15.3. The first-order valence-corrected chi connectivity index (χ1v) is 7.75. The molecule has 3 rings (SSSR count). The smallest absolute Gasteiger partial charge is 0.433 e. The zero-order valence-electron chi connectivity index (χ0n) is 13.8. The highest BCUT2D eigenvalue weighted by Gasteiger charge is 2.27. The molecule has 1 aromatic heterocycles. The molecule has 2 amide bonds. The summed E-state index contributed by atoms with van der Waals surface area (Å²) < 4.78 is 15.8. The lowest BCUT2D eigenvalue weighted by Gasteiger charge is -2.25. The highest BCUT2D eigenvalue weighted by Crippen LogP contribution is 2.30. The molecule has 0 spiro atoms. The Labute approximate surface area is 152 Å². The number of nitro groups is 1. The first-order valence-electron chi connectivity index (χ1n) is 7.75. The number of amides is 2. The number of carbonyl (C=O) groups is 2. The second kappa shape index (κ2) is 7.99. The van der Waals surface area contributed by atoms with Crippen molar-refractivity contribution >= 4 is 23.9 Å². The molecule has 0 bridgehead atoms. The van der Waals surface area contributed by atoms with Gasteiger partial charge in [0.15, 0.2) is 17.3 Å². The first-order chi connectivity index (χ1) is 13.0. The van der Waals surface area contributed by atoms with Crippen LogP contribution in [0.25, 0.3) is 0 Å². The second-order valence-electron chi connectivity index (χ2n) is 5.31. The van der Waals surface area contributed by atoms with Gasteiger partial charge in [0.25, 0.3) is 11.8 Å². The van der Waals surface area contributed by atoms with Gasteiger partial charge in [-0.2, -0.15) is 5.10 Å². The van der Waals surface area contributed by atoms with Crippen LogP contribution in [0, 0.1) is 10.1 Å². The van der Waals surface area contributed by atoms with Crippen molar-refractivity contribution in [3.05, 3.63) is 52.3 Å². The molecule has 140 valence electrons. The Kier molecular flexibility index (Phi) is 5.30. The molecule has 0 saturated carbocycles. The maximum atomic E-state index is 12.1. The molecular weight excluding hydrogens is 360 g/mol. The summed E-state index contributed by atoms with van der Waals surface area (Å²) in [6.07, 6.45) is 0.224. The number of benzene rings is 1. The van der Waals surface area contributed by atoms with Gasteiger partial charge in [-0.1, -0.05) is 12.1 Å². The molecule has 2 N–H and O–H groups in total. The van der Waals surface area contributed by atoms with Crippen molar-refractivity contribution in [2.24, 2.45) is 5.10 Å². The number of nitrogens with zero attached hydrogens (tertiary/aromatic N) is 2. The first kappa shape index (κ1) is 17.9. The molecule has 1 aliphatic rings. The van der Waals surface area contributed by atoms with E-state index in [4.69, 9.17) is 13.9 Å². The molecular formula is C16H14N4O7. The summed E-state index contributed by atoms with van der Waals surface area (Å²) in [5.74, 6) is -0.455. The number of para-hydroxylation sites is 2. The van der Waals surface area contributed by atoms with Gasteiger partial charge >= 0.3 is 5.88 Å². The van der Waals surface area contributed by atoms with Crippen molar-refractivity contribution in [1.82, 2.24) is 10.7 Å². The lowest BCUT2D eigenvalue weighted by molar-refractivity contribution is -0.402. The van der Waals surface area contributed by atoms with E-state index in [9.17, 15) is 19.7 Å². The third kappa shape index (κ3) is 4.60. The van der Waals surface area contributed by atoms with E-state index >= 15 is 0 Å². The Morgan fingerprint density at radius 2 is 2.04 bits per heavy atom. The quantitative estimate of drug-likeness (QED) is 0.427. The van der Waals surface area contributed by atoms with E-state index in [0.29, 0.717) is 11.5 Å². The average Bonchev–Trinajstić information content (AvgIpc) is 3.15. The number of furan rings is 1. The number of hydrogen-bond acceptors (Lipinski definition) is 8. The molecule has 1 atom stereocenters. The molecule has 11 heteroatoms. The molecule has 0 fully saturated rings. The van der Waals surface area contributed by atoms with Crippen molar-refractivity contribution in [3.63, 3.8) is 0 Å². The fourth-order valence-corrected chi connectivity index (χ4v) is 2.15. The zero-order valence-corrected chi connectivity index (χ0v) is 13.8. The Hall–Kier alpha value is -3.89. The molecule has 0 radical (unpaired) electrons. The Balaban J connectivity index is 1.43. The standard InChI is InChI=1S/C16H14N4O7/c21-14(19-18-7-10-5-6-15(26-10)20(23)24)8-17-16(22)13-9-25-11-3-1-2-4-12(11)27-13/h1-7,13H,8-9H2,(H,17,22)(H,19,21)/b18-7+. The molecule has 2 aromatic rings. The molecule has 1 aromatic carbocycles. The molecule has 0 saturated heterocycles. The predicted molar refractivity (Wildman–Crippen MR) is 90.5 cm³/mol. The summed E-state index contributed by atoms with van der Waals surface area (Å²) in [5.41, 5.74) is 2.16. The van der Waals surface area contributed by atoms with Crippen LogP contribution in [-0.2, 0) is 9.59 Å². The number of hydrazone groups is 1. The van der Waals surface area contributed by atoms with E-state index in [1.807, 2.05) is 0 Å². The molecule has 1 aliphatic heterocycles. The minimum Gasteiger partial charge on any atom is -0.485 e. The lowest BCUT2D eigenvalue weighted by atomic mass is 10.2. The monoisotopic (exact) mass is 374 g/mol. The number of rotatable bonds is 6. The molecule has 0 aliphatic carbocycles.